The van der Waals surface area contributed by atoms with Crippen molar-refractivity contribution in [2.45, 2.75) is 94.9 Å². The van der Waals surface area contributed by atoms with Crippen LogP contribution >= 0.6 is 0 Å². The summed E-state index contributed by atoms with van der Waals surface area (Å²) in [6.07, 6.45) is -1.66. The molecule has 0 amide bonds. The lowest BCUT2D eigenvalue weighted by atomic mass is 9.65. The summed E-state index contributed by atoms with van der Waals surface area (Å²) in [6.45, 7) is 6.86. The highest BCUT2D eigenvalue weighted by atomic mass is 16.4. The minimum atomic E-state index is -1.68. The summed E-state index contributed by atoms with van der Waals surface area (Å²) in [5.41, 5.74) is -4.02. The van der Waals surface area contributed by atoms with Gasteiger partial charge in [-0.1, -0.05) is 25.0 Å². The second-order valence-electron chi connectivity index (χ2n) is 10.3. The predicted molar refractivity (Wildman–Crippen MR) is 94.0 cm³/mol. The number of aliphatic hydroxyl groups is 6. The van der Waals surface area contributed by atoms with Crippen LogP contribution in [0.15, 0.2) is 11.1 Å². The second-order valence-corrected chi connectivity index (χ2v) is 10.3. The number of rotatable bonds is 0. The SMILES string of the molecule is CC1=C2CC[C@]3(O)C[C@@]2(C[C@@H](O)[C@@]2(O)[C@H]1[C@@H](O)[C@H](O)C2(C)C)C[C@@]3(C)O. The third-order valence-electron chi connectivity index (χ3n) is 8.69. The highest BCUT2D eigenvalue weighted by molar-refractivity contribution is 5.40. The van der Waals surface area contributed by atoms with Gasteiger partial charge in [-0.2, -0.15) is 0 Å². The summed E-state index contributed by atoms with van der Waals surface area (Å²) in [5.74, 6) is -0.770. The van der Waals surface area contributed by atoms with Gasteiger partial charge in [-0.25, -0.2) is 0 Å². The molecule has 0 saturated heterocycles. The van der Waals surface area contributed by atoms with E-state index in [1.807, 2.05) is 6.92 Å². The molecule has 0 aromatic carbocycles. The zero-order valence-corrected chi connectivity index (χ0v) is 16.0. The Labute approximate surface area is 154 Å². The van der Waals surface area contributed by atoms with E-state index < -0.39 is 51.9 Å². The molecule has 0 aromatic rings. The number of allylic oxidation sites excluding steroid dienone is 1. The molecule has 0 heterocycles. The molecule has 26 heavy (non-hydrogen) atoms. The van der Waals surface area contributed by atoms with Crippen molar-refractivity contribution in [3.63, 3.8) is 0 Å². The highest BCUT2D eigenvalue weighted by Gasteiger charge is 2.72. The van der Waals surface area contributed by atoms with Gasteiger partial charge in [0, 0.05) is 11.3 Å². The first-order valence-corrected chi connectivity index (χ1v) is 9.65. The number of aliphatic hydroxyl groups excluding tert-OH is 3. The van der Waals surface area contributed by atoms with Crippen LogP contribution in [0.3, 0.4) is 0 Å². The van der Waals surface area contributed by atoms with Crippen molar-refractivity contribution in [3.05, 3.63) is 11.1 Å². The molecule has 4 aliphatic carbocycles. The topological polar surface area (TPSA) is 121 Å². The van der Waals surface area contributed by atoms with Crippen LogP contribution in [-0.4, -0.2) is 65.8 Å². The van der Waals surface area contributed by atoms with E-state index in [9.17, 15) is 30.6 Å². The van der Waals surface area contributed by atoms with Crippen LogP contribution < -0.4 is 0 Å². The second kappa shape index (κ2) is 4.91. The highest BCUT2D eigenvalue weighted by Crippen LogP contribution is 2.68. The molecule has 4 rings (SSSR count). The van der Waals surface area contributed by atoms with E-state index in [1.165, 1.54) is 0 Å². The third-order valence-corrected chi connectivity index (χ3v) is 8.69. The number of fused-ring (bicyclic) bond motifs is 2. The Morgan fingerprint density at radius 3 is 2.19 bits per heavy atom. The third kappa shape index (κ3) is 1.84. The van der Waals surface area contributed by atoms with Crippen molar-refractivity contribution in [2.75, 3.05) is 0 Å². The van der Waals surface area contributed by atoms with Crippen LogP contribution in [0.4, 0.5) is 0 Å². The molecule has 8 atom stereocenters. The number of hydrogen-bond donors (Lipinski definition) is 6. The normalized spacial score (nSPS) is 58.4. The Hall–Kier alpha value is -0.500. The molecule has 6 N–H and O–H groups in total. The van der Waals surface area contributed by atoms with Gasteiger partial charge < -0.3 is 30.6 Å². The summed E-state index contributed by atoms with van der Waals surface area (Å²) in [4.78, 5) is 0. The maximum Gasteiger partial charge on any atom is 0.107 e. The van der Waals surface area contributed by atoms with E-state index >= 15 is 0 Å². The quantitative estimate of drug-likeness (QED) is 0.341. The van der Waals surface area contributed by atoms with Crippen molar-refractivity contribution in [3.8, 4) is 0 Å². The minimum Gasteiger partial charge on any atom is -0.390 e. The van der Waals surface area contributed by atoms with Gasteiger partial charge in [0.1, 0.15) is 5.60 Å². The first-order valence-electron chi connectivity index (χ1n) is 9.65. The van der Waals surface area contributed by atoms with Crippen LogP contribution in [0.1, 0.15) is 59.8 Å². The zero-order valence-electron chi connectivity index (χ0n) is 16.0. The van der Waals surface area contributed by atoms with Crippen molar-refractivity contribution in [2.24, 2.45) is 16.7 Å². The molecule has 4 aliphatic rings. The molecule has 0 aliphatic heterocycles. The van der Waals surface area contributed by atoms with E-state index in [1.54, 1.807) is 20.8 Å². The monoisotopic (exact) mass is 368 g/mol. The molecule has 148 valence electrons. The van der Waals surface area contributed by atoms with Gasteiger partial charge in [0.15, 0.2) is 0 Å². The minimum absolute atomic E-state index is 0.202. The molecule has 0 radical (unpaired) electrons. The van der Waals surface area contributed by atoms with Crippen LogP contribution in [0.25, 0.3) is 0 Å². The van der Waals surface area contributed by atoms with Gasteiger partial charge in [0.2, 0.25) is 0 Å². The molecule has 1 spiro atoms. The molecular weight excluding hydrogens is 336 g/mol. The molecule has 0 unspecified atom stereocenters. The summed E-state index contributed by atoms with van der Waals surface area (Å²) < 4.78 is 0. The van der Waals surface area contributed by atoms with E-state index in [0.717, 1.165) is 11.1 Å². The van der Waals surface area contributed by atoms with E-state index in [2.05, 4.69) is 0 Å². The molecule has 0 aromatic heterocycles. The molecule has 6 heteroatoms. The first kappa shape index (κ1) is 18.8. The molecule has 3 saturated carbocycles. The predicted octanol–water partition coefficient (Wildman–Crippen LogP) is 0.232. The lowest BCUT2D eigenvalue weighted by Gasteiger charge is -2.45. The van der Waals surface area contributed by atoms with Crippen molar-refractivity contribution in [1.82, 2.24) is 0 Å². The van der Waals surface area contributed by atoms with Gasteiger partial charge >= 0.3 is 0 Å². The van der Waals surface area contributed by atoms with Crippen molar-refractivity contribution < 1.29 is 30.6 Å². The largest absolute Gasteiger partial charge is 0.390 e. The van der Waals surface area contributed by atoms with E-state index in [4.69, 9.17) is 0 Å². The van der Waals surface area contributed by atoms with Crippen LogP contribution in [-0.2, 0) is 0 Å². The summed E-state index contributed by atoms with van der Waals surface area (Å²) in [7, 11) is 0. The maximum atomic E-state index is 11.6. The van der Waals surface area contributed by atoms with Gasteiger partial charge in [-0.15, -0.1) is 0 Å². The summed E-state index contributed by atoms with van der Waals surface area (Å²) in [5, 5.41) is 66.0. The van der Waals surface area contributed by atoms with E-state index in [0.29, 0.717) is 25.7 Å². The van der Waals surface area contributed by atoms with Crippen LogP contribution in [0, 0.1) is 16.7 Å². The molecule has 6 nitrogen and oxygen atoms in total. The zero-order chi connectivity index (χ0) is 19.5. The maximum absolute atomic E-state index is 11.6. The lowest BCUT2D eigenvalue weighted by Crippen LogP contribution is -2.57. The van der Waals surface area contributed by atoms with Gasteiger partial charge in [0.05, 0.1) is 29.5 Å². The van der Waals surface area contributed by atoms with Gasteiger partial charge in [-0.3, -0.25) is 0 Å². The first-order chi connectivity index (χ1) is 11.7. The van der Waals surface area contributed by atoms with Gasteiger partial charge in [-0.05, 0) is 51.4 Å². The van der Waals surface area contributed by atoms with E-state index in [-0.39, 0.29) is 6.42 Å². The van der Waals surface area contributed by atoms with Crippen LogP contribution in [0.5, 0.6) is 0 Å². The Kier molecular flexibility index (Phi) is 3.56. The Bertz CT molecular complexity index is 680. The number of hydrogen-bond acceptors (Lipinski definition) is 6. The Morgan fingerprint density at radius 2 is 1.58 bits per heavy atom. The Balaban J connectivity index is 1.92. The lowest BCUT2D eigenvalue weighted by molar-refractivity contribution is -0.170. The van der Waals surface area contributed by atoms with Crippen molar-refractivity contribution in [1.29, 1.82) is 0 Å². The smallest absolute Gasteiger partial charge is 0.107 e. The summed E-state index contributed by atoms with van der Waals surface area (Å²) >= 11 is 0. The standard InChI is InChI=1S/C20H32O6/c1-10-11-5-6-19(25)9-18(11,8-17(19,4)24)7-12(21)20(26)13(10)14(22)15(23)16(20,2)3/h12-15,21-26H,5-9H2,1-4H3/t12-,13-,14-,15+,17-,18-,19+,20-/m1/s1. The molecular formula is C20H32O6. The fraction of sp³-hybridized carbons (Fsp3) is 0.900. The Morgan fingerprint density at radius 1 is 0.962 bits per heavy atom. The fourth-order valence-electron chi connectivity index (χ4n) is 7.13. The van der Waals surface area contributed by atoms with Crippen LogP contribution in [0.2, 0.25) is 0 Å². The summed E-state index contributed by atoms with van der Waals surface area (Å²) in [6, 6.07) is 0. The molecule has 3 fully saturated rings. The average molecular weight is 368 g/mol. The average Bonchev–Trinajstić information content (AvgIpc) is 2.71. The van der Waals surface area contributed by atoms with Crippen molar-refractivity contribution >= 4 is 0 Å². The molecule has 2 bridgehead atoms. The fourth-order valence-corrected chi connectivity index (χ4v) is 7.13. The van der Waals surface area contributed by atoms with Gasteiger partial charge in [0.25, 0.3) is 0 Å².